The summed E-state index contributed by atoms with van der Waals surface area (Å²) in [6.45, 7) is 7.26. The van der Waals surface area contributed by atoms with Crippen molar-refractivity contribution < 1.29 is 4.21 Å². The van der Waals surface area contributed by atoms with Gasteiger partial charge in [-0.3, -0.25) is 9.11 Å². The summed E-state index contributed by atoms with van der Waals surface area (Å²) in [7, 11) is -0.747. The van der Waals surface area contributed by atoms with Crippen LogP contribution in [-0.2, 0) is 10.8 Å². The number of hydrogen-bond acceptors (Lipinski definition) is 3. The van der Waals surface area contributed by atoms with Gasteiger partial charge < -0.3 is 5.32 Å². The summed E-state index contributed by atoms with van der Waals surface area (Å²) >= 11 is 0. The van der Waals surface area contributed by atoms with Crippen LogP contribution in [0.1, 0.15) is 31.9 Å². The molecule has 1 aliphatic rings. The van der Waals surface area contributed by atoms with E-state index in [9.17, 15) is 4.21 Å². The molecule has 1 fully saturated rings. The molecular formula is C16H26N2OS. The minimum absolute atomic E-state index is 0.235. The molecule has 4 heteroatoms. The molecular weight excluding hydrogens is 268 g/mol. The minimum atomic E-state index is -0.747. The first kappa shape index (κ1) is 15.7. The van der Waals surface area contributed by atoms with Crippen LogP contribution in [0.2, 0.25) is 0 Å². The quantitative estimate of drug-likeness (QED) is 0.903. The van der Waals surface area contributed by atoms with Crippen LogP contribution in [0.4, 0.5) is 0 Å². The van der Waals surface area contributed by atoms with Crippen LogP contribution in [0.25, 0.3) is 0 Å². The van der Waals surface area contributed by atoms with Gasteiger partial charge in [0.15, 0.2) is 0 Å². The van der Waals surface area contributed by atoms with E-state index in [4.69, 9.17) is 0 Å². The third-order valence-corrected chi connectivity index (χ3v) is 5.55. The molecule has 4 unspecified atom stereocenters. The van der Waals surface area contributed by atoms with Gasteiger partial charge in [0, 0.05) is 54.0 Å². The zero-order valence-electron chi connectivity index (χ0n) is 12.7. The van der Waals surface area contributed by atoms with Crippen LogP contribution in [0, 0.1) is 0 Å². The maximum atomic E-state index is 11.6. The summed E-state index contributed by atoms with van der Waals surface area (Å²) in [5.41, 5.74) is 1.34. The van der Waals surface area contributed by atoms with E-state index in [0.29, 0.717) is 12.1 Å². The zero-order chi connectivity index (χ0) is 14.5. The lowest BCUT2D eigenvalue weighted by Crippen LogP contribution is -2.54. The van der Waals surface area contributed by atoms with Crippen LogP contribution in [0.5, 0.6) is 0 Å². The summed E-state index contributed by atoms with van der Waals surface area (Å²) in [6.07, 6.45) is 2.94. The van der Waals surface area contributed by atoms with Crippen molar-refractivity contribution in [2.24, 2.45) is 0 Å². The Morgan fingerprint density at radius 2 is 2.10 bits per heavy atom. The SMILES string of the molecule is CCC1CNC(c2ccccc2)CN1CC(C)S(C)=O. The highest BCUT2D eigenvalue weighted by Crippen LogP contribution is 2.21. The van der Waals surface area contributed by atoms with E-state index in [-0.39, 0.29) is 5.25 Å². The lowest BCUT2D eigenvalue weighted by Gasteiger charge is -2.41. The average molecular weight is 294 g/mol. The molecule has 112 valence electrons. The number of hydrogen-bond donors (Lipinski definition) is 1. The molecule has 1 aromatic carbocycles. The lowest BCUT2D eigenvalue weighted by atomic mass is 10.0. The molecule has 20 heavy (non-hydrogen) atoms. The van der Waals surface area contributed by atoms with Gasteiger partial charge in [0.25, 0.3) is 0 Å². The molecule has 0 saturated carbocycles. The first-order chi connectivity index (χ1) is 9.61. The smallest absolute Gasteiger partial charge is 0.0449 e. The summed E-state index contributed by atoms with van der Waals surface area (Å²) in [5.74, 6) is 0. The first-order valence-corrected chi connectivity index (χ1v) is 9.08. The number of nitrogens with zero attached hydrogens (tertiary/aromatic N) is 1. The Balaban J connectivity index is 2.05. The third-order valence-electron chi connectivity index (χ3n) is 4.26. The maximum absolute atomic E-state index is 11.6. The predicted octanol–water partition coefficient (Wildman–Crippen LogP) is 2.18. The van der Waals surface area contributed by atoms with Gasteiger partial charge in [0.2, 0.25) is 0 Å². The van der Waals surface area contributed by atoms with E-state index >= 15 is 0 Å². The van der Waals surface area contributed by atoms with Gasteiger partial charge in [0.05, 0.1) is 0 Å². The second-order valence-corrected chi connectivity index (χ2v) is 7.50. The summed E-state index contributed by atoms with van der Waals surface area (Å²) in [6, 6.07) is 11.6. The van der Waals surface area contributed by atoms with Crippen molar-refractivity contribution in [3.05, 3.63) is 35.9 Å². The Labute approximate surface area is 125 Å². The molecule has 1 saturated heterocycles. The number of piperazine rings is 1. The van der Waals surface area contributed by atoms with Crippen LogP contribution in [0.15, 0.2) is 30.3 Å². The summed E-state index contributed by atoms with van der Waals surface area (Å²) in [5, 5.41) is 3.89. The van der Waals surface area contributed by atoms with Gasteiger partial charge in [-0.2, -0.15) is 0 Å². The van der Waals surface area contributed by atoms with Crippen LogP contribution < -0.4 is 5.32 Å². The normalized spacial score (nSPS) is 27.1. The van der Waals surface area contributed by atoms with Crippen molar-refractivity contribution in [2.45, 2.75) is 37.6 Å². The highest BCUT2D eigenvalue weighted by molar-refractivity contribution is 7.84. The molecule has 0 amide bonds. The average Bonchev–Trinajstić information content (AvgIpc) is 2.48. The van der Waals surface area contributed by atoms with E-state index in [2.05, 4.69) is 54.4 Å². The molecule has 4 atom stereocenters. The monoisotopic (exact) mass is 294 g/mol. The Hall–Kier alpha value is -0.710. The number of rotatable bonds is 5. The Kier molecular flexibility index (Phi) is 5.75. The summed E-state index contributed by atoms with van der Waals surface area (Å²) in [4.78, 5) is 2.51. The highest BCUT2D eigenvalue weighted by atomic mass is 32.2. The minimum Gasteiger partial charge on any atom is -0.307 e. The fourth-order valence-electron chi connectivity index (χ4n) is 2.83. The molecule has 0 aliphatic carbocycles. The largest absolute Gasteiger partial charge is 0.307 e. The molecule has 1 aromatic rings. The van der Waals surface area contributed by atoms with Crippen molar-refractivity contribution in [3.8, 4) is 0 Å². The van der Waals surface area contributed by atoms with E-state index in [1.165, 1.54) is 5.56 Å². The van der Waals surface area contributed by atoms with E-state index in [0.717, 1.165) is 26.1 Å². The fraction of sp³-hybridized carbons (Fsp3) is 0.625. The molecule has 1 N–H and O–H groups in total. The van der Waals surface area contributed by atoms with Crippen LogP contribution in [-0.4, -0.2) is 46.3 Å². The molecule has 0 aromatic heterocycles. The molecule has 1 heterocycles. The van der Waals surface area contributed by atoms with Crippen LogP contribution >= 0.6 is 0 Å². The van der Waals surface area contributed by atoms with Gasteiger partial charge in [-0.1, -0.05) is 37.3 Å². The van der Waals surface area contributed by atoms with Gasteiger partial charge in [-0.25, -0.2) is 0 Å². The number of benzene rings is 1. The van der Waals surface area contributed by atoms with Gasteiger partial charge in [0.1, 0.15) is 0 Å². The number of nitrogens with one attached hydrogen (secondary N) is 1. The molecule has 1 aliphatic heterocycles. The van der Waals surface area contributed by atoms with Crippen molar-refractivity contribution in [1.29, 1.82) is 0 Å². The highest BCUT2D eigenvalue weighted by Gasteiger charge is 2.28. The lowest BCUT2D eigenvalue weighted by molar-refractivity contribution is 0.128. The van der Waals surface area contributed by atoms with Gasteiger partial charge in [-0.15, -0.1) is 0 Å². The van der Waals surface area contributed by atoms with Crippen molar-refractivity contribution in [3.63, 3.8) is 0 Å². The maximum Gasteiger partial charge on any atom is 0.0449 e. The van der Waals surface area contributed by atoms with E-state index in [1.807, 2.05) is 6.26 Å². The molecule has 0 bridgehead atoms. The molecule has 2 rings (SSSR count). The Morgan fingerprint density at radius 1 is 1.40 bits per heavy atom. The van der Waals surface area contributed by atoms with E-state index < -0.39 is 10.8 Å². The van der Waals surface area contributed by atoms with Crippen LogP contribution in [0.3, 0.4) is 0 Å². The Morgan fingerprint density at radius 3 is 2.70 bits per heavy atom. The van der Waals surface area contributed by atoms with Crippen molar-refractivity contribution >= 4 is 10.8 Å². The fourth-order valence-corrected chi connectivity index (χ4v) is 3.23. The van der Waals surface area contributed by atoms with Crippen molar-refractivity contribution in [1.82, 2.24) is 10.2 Å². The molecule has 0 radical (unpaired) electrons. The Bertz CT molecular complexity index is 437. The van der Waals surface area contributed by atoms with Gasteiger partial charge in [-0.05, 0) is 18.9 Å². The standard InChI is InChI=1S/C16H26N2OS/c1-4-15-10-17-16(14-8-6-5-7-9-14)12-18(15)11-13(2)20(3)19/h5-9,13,15-17H,4,10-12H2,1-3H3. The third kappa shape index (κ3) is 3.90. The summed E-state index contributed by atoms with van der Waals surface area (Å²) < 4.78 is 11.6. The first-order valence-electron chi connectivity index (χ1n) is 7.46. The zero-order valence-corrected chi connectivity index (χ0v) is 13.5. The van der Waals surface area contributed by atoms with Gasteiger partial charge >= 0.3 is 0 Å². The van der Waals surface area contributed by atoms with Crippen molar-refractivity contribution in [2.75, 3.05) is 25.9 Å². The second kappa shape index (κ2) is 7.34. The molecule has 3 nitrogen and oxygen atoms in total. The predicted molar refractivity (Wildman–Crippen MR) is 86.4 cm³/mol. The second-order valence-electron chi connectivity index (χ2n) is 5.70. The van der Waals surface area contributed by atoms with E-state index in [1.54, 1.807) is 0 Å². The molecule has 0 spiro atoms. The topological polar surface area (TPSA) is 32.3 Å².